The summed E-state index contributed by atoms with van der Waals surface area (Å²) in [5.41, 5.74) is 2.38. The Kier molecular flexibility index (Phi) is 10.8. The average Bonchev–Trinajstić information content (AvgIpc) is 2.90. The van der Waals surface area contributed by atoms with Crippen molar-refractivity contribution in [2.75, 3.05) is 19.6 Å². The molecule has 0 spiro atoms. The molecular weight excluding hydrogens is 450 g/mol. The molecule has 0 aliphatic carbocycles. The van der Waals surface area contributed by atoms with Gasteiger partial charge in [-0.15, -0.1) is 0 Å². The summed E-state index contributed by atoms with van der Waals surface area (Å²) in [5.74, 6) is -0.269. The van der Waals surface area contributed by atoms with Crippen molar-refractivity contribution in [1.29, 1.82) is 0 Å². The lowest BCUT2D eigenvalue weighted by atomic mass is 9.90. The molecule has 0 N–H and O–H groups in total. The third-order valence-electron chi connectivity index (χ3n) is 8.49. The molecule has 2 heterocycles. The first-order valence-corrected chi connectivity index (χ1v) is 14.6. The van der Waals surface area contributed by atoms with Crippen LogP contribution < -0.4 is 0 Å². The fourth-order valence-electron chi connectivity index (χ4n) is 6.65. The molecule has 0 amide bonds. The maximum atomic E-state index is 13.9. The van der Waals surface area contributed by atoms with Crippen LogP contribution in [0.2, 0.25) is 0 Å². The van der Waals surface area contributed by atoms with Gasteiger partial charge in [0.2, 0.25) is 0 Å². The van der Waals surface area contributed by atoms with Crippen molar-refractivity contribution in [1.82, 2.24) is 9.80 Å². The molecular formula is C32H46F2N2. The fourth-order valence-corrected chi connectivity index (χ4v) is 6.65. The molecule has 2 aromatic rings. The molecule has 2 nitrogen and oxygen atoms in total. The second kappa shape index (κ2) is 14.2. The summed E-state index contributed by atoms with van der Waals surface area (Å²) in [4.78, 5) is 5.49. The highest BCUT2D eigenvalue weighted by molar-refractivity contribution is 5.18. The molecule has 0 radical (unpaired) electrons. The molecule has 3 unspecified atom stereocenters. The van der Waals surface area contributed by atoms with Gasteiger partial charge in [-0.3, -0.25) is 4.90 Å². The molecule has 0 saturated carbocycles. The molecule has 2 fully saturated rings. The Bertz CT molecular complexity index is 893. The monoisotopic (exact) mass is 496 g/mol. The van der Waals surface area contributed by atoms with Gasteiger partial charge in [-0.05, 0) is 113 Å². The van der Waals surface area contributed by atoms with E-state index in [1.807, 2.05) is 18.2 Å². The van der Waals surface area contributed by atoms with E-state index in [1.165, 1.54) is 95.8 Å². The molecule has 2 aliphatic rings. The summed E-state index contributed by atoms with van der Waals surface area (Å²) < 4.78 is 27.3. The standard InChI is InChI=1S/C32H46F2N2/c1-2-10-32(24-26-16-18-28(33)19-17-26)36-22-7-4-13-30(36)14-9-15-31(35-20-5-3-6-21-35)25-27-11-8-12-29(34)23-27/h8,11-12,16-19,23,30-32H,2-7,9-10,13-15,20-22,24-25H2,1H3. The van der Waals surface area contributed by atoms with Gasteiger partial charge in [0.25, 0.3) is 0 Å². The van der Waals surface area contributed by atoms with Gasteiger partial charge in [-0.1, -0.05) is 56.9 Å². The van der Waals surface area contributed by atoms with Crippen LogP contribution in [0.1, 0.15) is 88.7 Å². The van der Waals surface area contributed by atoms with Crippen molar-refractivity contribution < 1.29 is 8.78 Å². The lowest BCUT2D eigenvalue weighted by Crippen LogP contribution is -2.47. The predicted molar refractivity (Wildman–Crippen MR) is 146 cm³/mol. The minimum Gasteiger partial charge on any atom is -0.300 e. The van der Waals surface area contributed by atoms with E-state index >= 15 is 0 Å². The zero-order chi connectivity index (χ0) is 25.2. The van der Waals surface area contributed by atoms with E-state index in [1.54, 1.807) is 24.3 Å². The van der Waals surface area contributed by atoms with Crippen molar-refractivity contribution in [3.63, 3.8) is 0 Å². The first-order chi connectivity index (χ1) is 17.6. The first kappa shape index (κ1) is 27.3. The van der Waals surface area contributed by atoms with E-state index in [2.05, 4.69) is 22.8 Å². The fraction of sp³-hybridized carbons (Fsp3) is 0.625. The van der Waals surface area contributed by atoms with Gasteiger partial charge >= 0.3 is 0 Å². The van der Waals surface area contributed by atoms with Crippen molar-refractivity contribution in [2.24, 2.45) is 0 Å². The van der Waals surface area contributed by atoms with Crippen LogP contribution in [0.5, 0.6) is 0 Å². The molecule has 4 heteroatoms. The van der Waals surface area contributed by atoms with E-state index in [9.17, 15) is 8.78 Å². The number of rotatable bonds is 12. The van der Waals surface area contributed by atoms with Crippen molar-refractivity contribution in [2.45, 2.75) is 109 Å². The minimum atomic E-state index is -0.150. The summed E-state index contributed by atoms with van der Waals surface area (Å²) in [6.07, 6.45) is 15.8. The molecule has 0 bridgehead atoms. The summed E-state index contributed by atoms with van der Waals surface area (Å²) in [6.45, 7) is 5.85. The third kappa shape index (κ3) is 8.11. The Morgan fingerprint density at radius 3 is 2.28 bits per heavy atom. The van der Waals surface area contributed by atoms with Crippen LogP contribution in [-0.2, 0) is 12.8 Å². The number of piperidine rings is 2. The maximum Gasteiger partial charge on any atom is 0.123 e. The van der Waals surface area contributed by atoms with Crippen LogP contribution in [0.3, 0.4) is 0 Å². The van der Waals surface area contributed by atoms with Crippen LogP contribution in [-0.4, -0.2) is 47.6 Å². The zero-order valence-corrected chi connectivity index (χ0v) is 22.3. The SMILES string of the molecule is CCCC(Cc1ccc(F)cc1)N1CCCCC1CCCC(Cc1cccc(F)c1)N1CCCCC1. The highest BCUT2D eigenvalue weighted by Gasteiger charge is 2.29. The Morgan fingerprint density at radius 2 is 1.53 bits per heavy atom. The van der Waals surface area contributed by atoms with E-state index in [-0.39, 0.29) is 11.6 Å². The lowest BCUT2D eigenvalue weighted by Gasteiger charge is -2.42. The molecule has 198 valence electrons. The predicted octanol–water partition coefficient (Wildman–Crippen LogP) is 7.80. The largest absolute Gasteiger partial charge is 0.300 e. The summed E-state index contributed by atoms with van der Waals surface area (Å²) in [6, 6.07) is 16.1. The first-order valence-electron chi connectivity index (χ1n) is 14.6. The number of likely N-dealkylation sites (tertiary alicyclic amines) is 2. The van der Waals surface area contributed by atoms with Crippen molar-refractivity contribution in [3.05, 3.63) is 71.3 Å². The van der Waals surface area contributed by atoms with Crippen molar-refractivity contribution >= 4 is 0 Å². The molecule has 36 heavy (non-hydrogen) atoms. The van der Waals surface area contributed by atoms with Crippen LogP contribution in [0.15, 0.2) is 48.5 Å². The van der Waals surface area contributed by atoms with Gasteiger partial charge in [-0.2, -0.15) is 0 Å². The number of hydrogen-bond acceptors (Lipinski definition) is 2. The lowest BCUT2D eigenvalue weighted by molar-refractivity contribution is 0.0779. The van der Waals surface area contributed by atoms with E-state index in [0.717, 1.165) is 18.4 Å². The summed E-state index contributed by atoms with van der Waals surface area (Å²) in [7, 11) is 0. The van der Waals surface area contributed by atoms with Gasteiger partial charge in [0.15, 0.2) is 0 Å². The Morgan fingerprint density at radius 1 is 0.778 bits per heavy atom. The molecule has 2 aliphatic heterocycles. The van der Waals surface area contributed by atoms with E-state index in [0.29, 0.717) is 18.1 Å². The minimum absolute atomic E-state index is 0.120. The molecule has 3 atom stereocenters. The van der Waals surface area contributed by atoms with Crippen molar-refractivity contribution in [3.8, 4) is 0 Å². The Balaban J connectivity index is 1.38. The van der Waals surface area contributed by atoms with E-state index < -0.39 is 0 Å². The second-order valence-electron chi connectivity index (χ2n) is 11.2. The number of benzene rings is 2. The number of halogens is 2. The normalized spacial score (nSPS) is 21.4. The van der Waals surface area contributed by atoms with Crippen LogP contribution in [0, 0.1) is 11.6 Å². The molecule has 2 aromatic carbocycles. The van der Waals surface area contributed by atoms with Gasteiger partial charge in [0.1, 0.15) is 11.6 Å². The second-order valence-corrected chi connectivity index (χ2v) is 11.2. The quantitative estimate of drug-likeness (QED) is 0.296. The van der Waals surface area contributed by atoms with E-state index in [4.69, 9.17) is 0 Å². The molecule has 0 aromatic heterocycles. The Labute approximate surface area is 218 Å². The summed E-state index contributed by atoms with van der Waals surface area (Å²) in [5, 5.41) is 0. The van der Waals surface area contributed by atoms with Gasteiger partial charge in [0, 0.05) is 18.1 Å². The smallest absolute Gasteiger partial charge is 0.123 e. The number of hydrogen-bond donors (Lipinski definition) is 0. The Hall–Kier alpha value is -1.78. The number of nitrogens with zero attached hydrogens (tertiary/aromatic N) is 2. The van der Waals surface area contributed by atoms with Crippen LogP contribution >= 0.6 is 0 Å². The van der Waals surface area contributed by atoms with Gasteiger partial charge in [-0.25, -0.2) is 8.78 Å². The highest BCUT2D eigenvalue weighted by atomic mass is 19.1. The van der Waals surface area contributed by atoms with Crippen LogP contribution in [0.25, 0.3) is 0 Å². The third-order valence-corrected chi connectivity index (χ3v) is 8.49. The topological polar surface area (TPSA) is 6.48 Å². The van der Waals surface area contributed by atoms with Gasteiger partial charge in [0.05, 0.1) is 0 Å². The maximum absolute atomic E-state index is 13.9. The molecule has 2 saturated heterocycles. The van der Waals surface area contributed by atoms with Crippen LogP contribution in [0.4, 0.5) is 8.78 Å². The average molecular weight is 497 g/mol. The summed E-state index contributed by atoms with van der Waals surface area (Å²) >= 11 is 0. The zero-order valence-electron chi connectivity index (χ0n) is 22.3. The molecule has 4 rings (SSSR count). The van der Waals surface area contributed by atoms with Gasteiger partial charge < -0.3 is 4.90 Å². The highest BCUT2D eigenvalue weighted by Crippen LogP contribution is 2.29.